The number of aliphatic hydroxyl groups is 1. The SMILES string of the molecule is COc1cc(C)c2c(c1)C=CC(C)(CC(=O)C[C@]1(C)CCC[C@]1(C)C(=O)/C=C\C(C)(C)O)O2. The van der Waals surface area contributed by atoms with E-state index in [1.54, 1.807) is 21.0 Å². The van der Waals surface area contributed by atoms with Crippen molar-refractivity contribution in [2.75, 3.05) is 7.11 Å². The lowest BCUT2D eigenvalue weighted by molar-refractivity contribution is -0.132. The number of aryl methyl sites for hydroxylation is 1. The first kappa shape index (κ1) is 25.2. The van der Waals surface area contributed by atoms with E-state index in [-0.39, 0.29) is 18.0 Å². The number of methoxy groups -OCH3 is 1. The van der Waals surface area contributed by atoms with Crippen LogP contribution in [0.25, 0.3) is 6.08 Å². The lowest BCUT2D eigenvalue weighted by Gasteiger charge is -2.40. The van der Waals surface area contributed by atoms with Crippen LogP contribution in [-0.4, -0.2) is 35.0 Å². The standard InChI is InChI=1S/C28H38O5/c1-19-15-22(32-7)16-20-9-14-27(5,33-24(19)20)18-21(29)17-26(4)11-8-12-28(26,6)23(30)10-13-25(2,3)31/h9-10,13-16,31H,8,11-12,17-18H2,1-7H3/b13-10-/t26-,27?,28+/m0/s1. The summed E-state index contributed by atoms with van der Waals surface area (Å²) < 4.78 is 11.7. The summed E-state index contributed by atoms with van der Waals surface area (Å²) in [6.07, 6.45) is 10.0. The van der Waals surface area contributed by atoms with Crippen LogP contribution in [0.2, 0.25) is 0 Å². The van der Waals surface area contributed by atoms with Gasteiger partial charge in [0.2, 0.25) is 0 Å². The number of hydrogen-bond acceptors (Lipinski definition) is 5. The third kappa shape index (κ3) is 5.24. The zero-order chi connectivity index (χ0) is 24.7. The number of rotatable bonds is 8. The minimum Gasteiger partial charge on any atom is -0.497 e. The Kier molecular flexibility index (Phi) is 6.69. The van der Waals surface area contributed by atoms with Crippen LogP contribution in [0.15, 0.2) is 30.4 Å². The minimum absolute atomic E-state index is 0.0176. The van der Waals surface area contributed by atoms with E-state index in [1.807, 2.05) is 45.1 Å². The molecule has 1 aliphatic heterocycles. The highest BCUT2D eigenvalue weighted by Gasteiger charge is 2.53. The first-order valence-corrected chi connectivity index (χ1v) is 11.7. The van der Waals surface area contributed by atoms with Gasteiger partial charge in [-0.1, -0.05) is 32.4 Å². The van der Waals surface area contributed by atoms with Gasteiger partial charge >= 0.3 is 0 Å². The number of carbonyl (C=O) groups excluding carboxylic acids is 2. The fourth-order valence-electron chi connectivity index (χ4n) is 5.24. The maximum Gasteiger partial charge on any atom is 0.161 e. The van der Waals surface area contributed by atoms with E-state index in [0.717, 1.165) is 41.9 Å². The van der Waals surface area contributed by atoms with Gasteiger partial charge in [-0.25, -0.2) is 0 Å². The molecule has 0 bridgehead atoms. The molecular weight excluding hydrogens is 416 g/mol. The van der Waals surface area contributed by atoms with Crippen molar-refractivity contribution in [3.63, 3.8) is 0 Å². The topological polar surface area (TPSA) is 72.8 Å². The molecule has 1 fully saturated rings. The summed E-state index contributed by atoms with van der Waals surface area (Å²) in [4.78, 5) is 26.4. The van der Waals surface area contributed by atoms with Gasteiger partial charge in [-0.2, -0.15) is 0 Å². The van der Waals surface area contributed by atoms with Crippen LogP contribution < -0.4 is 9.47 Å². The molecule has 5 heteroatoms. The number of ketones is 2. The highest BCUT2D eigenvalue weighted by Crippen LogP contribution is 2.56. The van der Waals surface area contributed by atoms with Crippen molar-refractivity contribution in [3.8, 4) is 11.5 Å². The second-order valence-corrected chi connectivity index (χ2v) is 11.1. The van der Waals surface area contributed by atoms with E-state index in [4.69, 9.17) is 9.47 Å². The summed E-state index contributed by atoms with van der Waals surface area (Å²) in [6.45, 7) is 11.2. The summed E-state index contributed by atoms with van der Waals surface area (Å²) in [6, 6.07) is 3.86. The van der Waals surface area contributed by atoms with E-state index in [1.165, 1.54) is 12.2 Å². The maximum absolute atomic E-state index is 13.3. The molecule has 0 aromatic heterocycles. The van der Waals surface area contributed by atoms with Gasteiger partial charge < -0.3 is 14.6 Å². The minimum atomic E-state index is -1.05. The number of Topliss-reactive ketones (excluding diaryl/α,β-unsaturated/α-hetero) is 1. The molecule has 1 aliphatic carbocycles. The van der Waals surface area contributed by atoms with Crippen molar-refractivity contribution >= 4 is 17.6 Å². The third-order valence-electron chi connectivity index (χ3n) is 7.52. The van der Waals surface area contributed by atoms with Gasteiger partial charge in [0.1, 0.15) is 22.9 Å². The highest BCUT2D eigenvalue weighted by atomic mass is 16.5. The van der Waals surface area contributed by atoms with E-state index in [9.17, 15) is 14.7 Å². The van der Waals surface area contributed by atoms with Crippen molar-refractivity contribution in [1.29, 1.82) is 0 Å². The summed E-state index contributed by atoms with van der Waals surface area (Å²) in [7, 11) is 1.64. The van der Waals surface area contributed by atoms with Gasteiger partial charge in [-0.3, -0.25) is 9.59 Å². The molecule has 1 saturated carbocycles. The molecule has 0 spiro atoms. The molecule has 3 atom stereocenters. The van der Waals surface area contributed by atoms with E-state index in [2.05, 4.69) is 6.92 Å². The Hall–Kier alpha value is -2.40. The lowest BCUT2D eigenvalue weighted by atomic mass is 9.62. The molecule has 0 radical (unpaired) electrons. The van der Waals surface area contributed by atoms with Crippen LogP contribution in [-0.2, 0) is 9.59 Å². The van der Waals surface area contributed by atoms with Crippen LogP contribution in [0.1, 0.15) is 77.8 Å². The smallest absolute Gasteiger partial charge is 0.161 e. The highest BCUT2D eigenvalue weighted by molar-refractivity contribution is 5.96. The Morgan fingerprint density at radius 1 is 1.18 bits per heavy atom. The van der Waals surface area contributed by atoms with Gasteiger partial charge in [-0.05, 0) is 75.8 Å². The first-order chi connectivity index (χ1) is 15.2. The molecule has 33 heavy (non-hydrogen) atoms. The molecule has 2 aliphatic rings. The van der Waals surface area contributed by atoms with Crippen molar-refractivity contribution in [2.45, 2.75) is 84.8 Å². The molecule has 5 nitrogen and oxygen atoms in total. The molecule has 180 valence electrons. The fraction of sp³-hybridized carbons (Fsp3) is 0.571. The van der Waals surface area contributed by atoms with E-state index >= 15 is 0 Å². The first-order valence-electron chi connectivity index (χ1n) is 11.7. The summed E-state index contributed by atoms with van der Waals surface area (Å²) in [5.74, 6) is 1.62. The fourth-order valence-corrected chi connectivity index (χ4v) is 5.24. The molecule has 3 rings (SSSR count). The normalized spacial score (nSPS) is 29.1. The van der Waals surface area contributed by atoms with Crippen LogP contribution in [0, 0.1) is 17.8 Å². The van der Waals surface area contributed by atoms with E-state index < -0.39 is 22.0 Å². The monoisotopic (exact) mass is 454 g/mol. The Balaban J connectivity index is 1.75. The Morgan fingerprint density at radius 3 is 2.52 bits per heavy atom. The molecular formula is C28H38O5. The van der Waals surface area contributed by atoms with Crippen molar-refractivity contribution in [1.82, 2.24) is 0 Å². The van der Waals surface area contributed by atoms with Crippen LogP contribution in [0.3, 0.4) is 0 Å². The van der Waals surface area contributed by atoms with Gasteiger partial charge in [0.25, 0.3) is 0 Å². The van der Waals surface area contributed by atoms with Crippen molar-refractivity contribution in [3.05, 3.63) is 41.5 Å². The average Bonchev–Trinajstić information content (AvgIpc) is 3.00. The molecule has 1 unspecified atom stereocenters. The zero-order valence-electron chi connectivity index (χ0n) is 21.1. The second-order valence-electron chi connectivity index (χ2n) is 11.1. The van der Waals surface area contributed by atoms with Crippen molar-refractivity contribution < 1.29 is 24.2 Å². The Morgan fingerprint density at radius 2 is 1.88 bits per heavy atom. The Bertz CT molecular complexity index is 998. The third-order valence-corrected chi connectivity index (χ3v) is 7.52. The summed E-state index contributed by atoms with van der Waals surface area (Å²) in [5, 5.41) is 9.98. The molecule has 1 aromatic carbocycles. The number of ether oxygens (including phenoxy) is 2. The Labute approximate surface area is 197 Å². The molecule has 1 aromatic rings. The lowest BCUT2D eigenvalue weighted by Crippen LogP contribution is -2.42. The molecule has 1 heterocycles. The number of carbonyl (C=O) groups is 2. The van der Waals surface area contributed by atoms with Crippen LogP contribution >= 0.6 is 0 Å². The second kappa shape index (κ2) is 8.75. The number of benzene rings is 1. The van der Waals surface area contributed by atoms with Crippen molar-refractivity contribution in [2.24, 2.45) is 10.8 Å². The number of fused-ring (bicyclic) bond motifs is 1. The van der Waals surface area contributed by atoms with Gasteiger partial charge in [0.05, 0.1) is 12.7 Å². The summed E-state index contributed by atoms with van der Waals surface area (Å²) >= 11 is 0. The predicted octanol–water partition coefficient (Wildman–Crippen LogP) is 5.61. The number of hydrogen-bond donors (Lipinski definition) is 1. The van der Waals surface area contributed by atoms with Crippen LogP contribution in [0.4, 0.5) is 0 Å². The number of allylic oxidation sites excluding steroid dienone is 1. The quantitative estimate of drug-likeness (QED) is 0.517. The molecule has 0 amide bonds. The largest absolute Gasteiger partial charge is 0.497 e. The molecule has 0 saturated heterocycles. The average molecular weight is 455 g/mol. The zero-order valence-corrected chi connectivity index (χ0v) is 21.1. The maximum atomic E-state index is 13.3. The van der Waals surface area contributed by atoms with Gasteiger partial charge in [0, 0.05) is 23.8 Å². The summed E-state index contributed by atoms with van der Waals surface area (Å²) in [5.41, 5.74) is -0.938. The molecule has 1 N–H and O–H groups in total. The van der Waals surface area contributed by atoms with E-state index in [0.29, 0.717) is 6.42 Å². The predicted molar refractivity (Wildman–Crippen MR) is 131 cm³/mol. The van der Waals surface area contributed by atoms with Gasteiger partial charge in [-0.15, -0.1) is 0 Å². The van der Waals surface area contributed by atoms with Gasteiger partial charge in [0.15, 0.2) is 5.78 Å². The van der Waals surface area contributed by atoms with Crippen LogP contribution in [0.5, 0.6) is 11.5 Å².